The van der Waals surface area contributed by atoms with E-state index in [1.54, 1.807) is 38.5 Å². The van der Waals surface area contributed by atoms with Gasteiger partial charge in [0.25, 0.3) is 0 Å². The number of ether oxygens (including phenoxy) is 8. The lowest BCUT2D eigenvalue weighted by Gasteiger charge is -2.48. The number of esters is 4. The zero-order valence-electron chi connectivity index (χ0n) is 31.5. The molecule has 5 aliphatic rings. The minimum atomic E-state index is -0.518. The van der Waals surface area contributed by atoms with Crippen molar-refractivity contribution < 1.29 is 57.1 Å². The van der Waals surface area contributed by atoms with Crippen molar-refractivity contribution in [3.8, 4) is 0 Å². The normalized spacial score (nSPS) is 28.7. The molecule has 5 rings (SSSR count). The Morgan fingerprint density at radius 3 is 1.22 bits per heavy atom. The molecule has 2 saturated heterocycles. The molecule has 51 heavy (non-hydrogen) atoms. The molecule has 0 N–H and O–H groups in total. The van der Waals surface area contributed by atoms with E-state index in [0.29, 0.717) is 26.4 Å². The van der Waals surface area contributed by atoms with Crippen LogP contribution < -0.4 is 0 Å². The zero-order valence-corrected chi connectivity index (χ0v) is 31.5. The molecule has 0 aromatic heterocycles. The van der Waals surface area contributed by atoms with E-state index in [2.05, 4.69) is 35.8 Å². The molecule has 3 aliphatic carbocycles. The maximum absolute atomic E-state index is 11.3. The van der Waals surface area contributed by atoms with Gasteiger partial charge >= 0.3 is 23.9 Å². The van der Waals surface area contributed by atoms with Crippen LogP contribution in [0.25, 0.3) is 0 Å². The van der Waals surface area contributed by atoms with Crippen molar-refractivity contribution in [3.05, 3.63) is 50.6 Å². The summed E-state index contributed by atoms with van der Waals surface area (Å²) in [5.74, 6) is 3.05. The van der Waals surface area contributed by atoms with E-state index in [4.69, 9.17) is 28.4 Å². The van der Waals surface area contributed by atoms with Gasteiger partial charge in [0.15, 0.2) is 12.6 Å². The minimum Gasteiger partial charge on any atom is -0.466 e. The third-order valence-electron chi connectivity index (χ3n) is 10.0. The molecule has 0 radical (unpaired) electrons. The smallest absolute Gasteiger partial charge is 0.330 e. The number of methoxy groups -OCH3 is 2. The molecule has 288 valence electrons. The number of fused-ring (bicyclic) bond motifs is 5. The number of hydrogen-bond donors (Lipinski definition) is 0. The second kappa shape index (κ2) is 20.7. The van der Waals surface area contributed by atoms with Crippen molar-refractivity contribution in [2.75, 3.05) is 53.9 Å². The van der Waals surface area contributed by atoms with Gasteiger partial charge in [-0.25, -0.2) is 19.2 Å². The standard InChI is InChI=1S/C21H32O8.C10H16.2C4H6O2/c1-7-15(22)24-9-19(3,4)17-26-11-21(12-27-17)13-28-18(29-14-21)20(5,6)10-25-16(23)8-2;1-2-9-7-4-5-8(6-7)10(9)3-1;2*1-3-4(5)6-2/h7-8,17-18H,1-2,9-14H2,3-6H3;7-10H,1-6H2;2*3H,1H2,2H3. The Kier molecular flexibility index (Phi) is 17.8. The first-order valence-corrected chi connectivity index (χ1v) is 17.6. The highest BCUT2D eigenvalue weighted by molar-refractivity contribution is 5.82. The number of carbonyl (C=O) groups is 4. The fourth-order valence-corrected chi connectivity index (χ4v) is 7.21. The van der Waals surface area contributed by atoms with Crippen LogP contribution in [0.3, 0.4) is 0 Å². The summed E-state index contributed by atoms with van der Waals surface area (Å²) < 4.78 is 42.3. The van der Waals surface area contributed by atoms with Crippen molar-refractivity contribution >= 4 is 23.9 Å². The maximum atomic E-state index is 11.3. The fourth-order valence-electron chi connectivity index (χ4n) is 7.21. The predicted molar refractivity (Wildman–Crippen MR) is 190 cm³/mol. The molecule has 0 amide bonds. The molecule has 2 heterocycles. The van der Waals surface area contributed by atoms with Gasteiger partial charge in [0.2, 0.25) is 0 Å². The van der Waals surface area contributed by atoms with E-state index in [9.17, 15) is 19.2 Å². The first-order valence-electron chi connectivity index (χ1n) is 17.6. The van der Waals surface area contributed by atoms with Crippen LogP contribution in [-0.4, -0.2) is 90.3 Å². The Balaban J connectivity index is 0.000000326. The van der Waals surface area contributed by atoms with Gasteiger partial charge in [0, 0.05) is 35.1 Å². The molecule has 1 spiro atoms. The summed E-state index contributed by atoms with van der Waals surface area (Å²) in [6.45, 7) is 22.6. The molecule has 0 aromatic carbocycles. The second-order valence-corrected chi connectivity index (χ2v) is 15.1. The van der Waals surface area contributed by atoms with Crippen molar-refractivity contribution in [1.82, 2.24) is 0 Å². The molecule has 4 unspecified atom stereocenters. The van der Waals surface area contributed by atoms with Gasteiger partial charge in [-0.3, -0.25) is 0 Å². The van der Waals surface area contributed by atoms with Crippen LogP contribution in [0, 0.1) is 39.9 Å². The molecule has 0 aromatic rings. The van der Waals surface area contributed by atoms with Crippen LogP contribution in [0.4, 0.5) is 0 Å². The van der Waals surface area contributed by atoms with E-state index >= 15 is 0 Å². The second-order valence-electron chi connectivity index (χ2n) is 15.1. The lowest BCUT2D eigenvalue weighted by Crippen LogP contribution is -2.57. The first kappa shape index (κ1) is 43.8. The van der Waals surface area contributed by atoms with Gasteiger partial charge in [-0.2, -0.15) is 0 Å². The van der Waals surface area contributed by atoms with Crippen LogP contribution in [-0.2, 0) is 57.1 Å². The third-order valence-corrected chi connectivity index (χ3v) is 10.0. The molecule has 4 atom stereocenters. The minimum absolute atomic E-state index is 0.155. The summed E-state index contributed by atoms with van der Waals surface area (Å²) in [6.07, 6.45) is 13.0. The molecule has 2 aliphatic heterocycles. The Morgan fingerprint density at radius 1 is 0.608 bits per heavy atom. The molecule has 3 saturated carbocycles. The van der Waals surface area contributed by atoms with Crippen molar-refractivity contribution in [1.29, 1.82) is 0 Å². The number of carbonyl (C=O) groups excluding carboxylic acids is 4. The molecule has 12 heteroatoms. The van der Waals surface area contributed by atoms with Crippen LogP contribution in [0.1, 0.15) is 66.2 Å². The van der Waals surface area contributed by atoms with Crippen molar-refractivity contribution in [3.63, 3.8) is 0 Å². The summed E-state index contributed by atoms with van der Waals surface area (Å²) in [5, 5.41) is 0. The quantitative estimate of drug-likeness (QED) is 0.154. The van der Waals surface area contributed by atoms with Gasteiger partial charge in [0.05, 0.1) is 46.1 Å². The van der Waals surface area contributed by atoms with E-state index in [0.717, 1.165) is 24.3 Å². The molecular formula is C39H60O12. The van der Waals surface area contributed by atoms with Gasteiger partial charge < -0.3 is 37.9 Å². The Morgan fingerprint density at radius 2 is 0.941 bits per heavy atom. The Hall–Kier alpha value is -3.32. The summed E-state index contributed by atoms with van der Waals surface area (Å²) >= 11 is 0. The van der Waals surface area contributed by atoms with Crippen LogP contribution in [0.5, 0.6) is 0 Å². The van der Waals surface area contributed by atoms with Gasteiger partial charge in [-0.15, -0.1) is 0 Å². The monoisotopic (exact) mass is 720 g/mol. The highest BCUT2D eigenvalue weighted by atomic mass is 16.7. The topological polar surface area (TPSA) is 142 Å². The van der Waals surface area contributed by atoms with Crippen molar-refractivity contribution in [2.45, 2.75) is 78.8 Å². The first-order chi connectivity index (χ1) is 24.1. The number of rotatable bonds is 10. The summed E-state index contributed by atoms with van der Waals surface area (Å²) in [5.41, 5.74) is -1.44. The van der Waals surface area contributed by atoms with Gasteiger partial charge in [-0.1, -0.05) is 60.4 Å². The van der Waals surface area contributed by atoms with Crippen LogP contribution in [0.15, 0.2) is 50.6 Å². The average Bonchev–Trinajstić information content (AvgIpc) is 3.91. The van der Waals surface area contributed by atoms with Crippen LogP contribution in [0.2, 0.25) is 0 Å². The maximum Gasteiger partial charge on any atom is 0.330 e. The zero-order chi connectivity index (χ0) is 38.2. The summed E-state index contributed by atoms with van der Waals surface area (Å²) in [7, 11) is 2.62. The highest BCUT2D eigenvalue weighted by Crippen LogP contribution is 2.58. The van der Waals surface area contributed by atoms with E-state index in [1.165, 1.54) is 37.9 Å². The third kappa shape index (κ3) is 13.3. The van der Waals surface area contributed by atoms with Crippen LogP contribution >= 0.6 is 0 Å². The Labute approximate surface area is 303 Å². The molecular weight excluding hydrogens is 660 g/mol. The largest absolute Gasteiger partial charge is 0.466 e. The average molecular weight is 721 g/mol. The molecule has 2 bridgehead atoms. The van der Waals surface area contributed by atoms with E-state index < -0.39 is 52.7 Å². The summed E-state index contributed by atoms with van der Waals surface area (Å²) in [6, 6.07) is 0. The molecule has 12 nitrogen and oxygen atoms in total. The number of hydrogen-bond acceptors (Lipinski definition) is 12. The SMILES string of the molecule is C1CC2C3CCC(C3)C2C1.C=CC(=O)OC.C=CC(=O)OC.C=CC(=O)OCC(C)(C)C1OCC2(CO1)COC(C(C)(C)COC(=O)C=C)OC2. The van der Waals surface area contributed by atoms with Gasteiger partial charge in [0.1, 0.15) is 13.2 Å². The van der Waals surface area contributed by atoms with E-state index in [1.807, 2.05) is 27.7 Å². The van der Waals surface area contributed by atoms with Gasteiger partial charge in [-0.05, 0) is 55.8 Å². The van der Waals surface area contributed by atoms with E-state index in [-0.39, 0.29) is 13.2 Å². The highest BCUT2D eigenvalue weighted by Gasteiger charge is 2.49. The fraction of sp³-hybridized carbons (Fsp3) is 0.692. The lowest BCUT2D eigenvalue weighted by molar-refractivity contribution is -0.337. The Bertz CT molecular complexity index is 1100. The molecule has 5 fully saturated rings. The van der Waals surface area contributed by atoms with Crippen molar-refractivity contribution in [2.24, 2.45) is 39.9 Å². The lowest BCUT2D eigenvalue weighted by atomic mass is 9.82. The predicted octanol–water partition coefficient (Wildman–Crippen LogP) is 5.75. The summed E-state index contributed by atoms with van der Waals surface area (Å²) in [4.78, 5) is 42.3.